The minimum absolute atomic E-state index is 0.340. The van der Waals surface area contributed by atoms with Crippen molar-refractivity contribution in [1.29, 1.82) is 0 Å². The van der Waals surface area contributed by atoms with Crippen molar-refractivity contribution in [3.63, 3.8) is 0 Å². The van der Waals surface area contributed by atoms with E-state index in [2.05, 4.69) is 15.5 Å². The minimum atomic E-state index is 0.340. The van der Waals surface area contributed by atoms with E-state index in [4.69, 9.17) is 20.8 Å². The van der Waals surface area contributed by atoms with Gasteiger partial charge in [-0.3, -0.25) is 0 Å². The number of hydrogen-bond donors (Lipinski definition) is 1. The SMILES string of the molecule is Clc1ccc(COc2ccccc2/C=N\Nc2nc3ccccc3o2)cc1. The zero-order valence-corrected chi connectivity index (χ0v) is 15.1. The maximum atomic E-state index is 5.91. The normalized spacial score (nSPS) is 11.1. The van der Waals surface area contributed by atoms with Crippen molar-refractivity contribution >= 4 is 34.9 Å². The molecule has 0 bridgehead atoms. The van der Waals surface area contributed by atoms with Gasteiger partial charge in [0.1, 0.15) is 17.9 Å². The number of oxazole rings is 1. The first kappa shape index (κ1) is 17.1. The predicted octanol–water partition coefficient (Wildman–Crippen LogP) is 5.51. The molecule has 0 saturated heterocycles. The molecule has 1 heterocycles. The Labute approximate surface area is 161 Å². The maximum absolute atomic E-state index is 5.91. The molecule has 0 fully saturated rings. The first-order chi connectivity index (χ1) is 13.3. The number of halogens is 1. The molecule has 3 aromatic carbocycles. The van der Waals surface area contributed by atoms with Gasteiger partial charge in [0, 0.05) is 10.6 Å². The summed E-state index contributed by atoms with van der Waals surface area (Å²) in [5, 5.41) is 4.91. The summed E-state index contributed by atoms with van der Waals surface area (Å²) in [6.45, 7) is 0.445. The van der Waals surface area contributed by atoms with Crippen LogP contribution in [0.25, 0.3) is 11.1 Å². The van der Waals surface area contributed by atoms with Crippen molar-refractivity contribution in [2.45, 2.75) is 6.61 Å². The Balaban J connectivity index is 1.43. The molecule has 134 valence electrons. The highest BCUT2D eigenvalue weighted by atomic mass is 35.5. The van der Waals surface area contributed by atoms with E-state index in [0.717, 1.165) is 22.4 Å². The Morgan fingerprint density at radius 2 is 1.78 bits per heavy atom. The number of para-hydroxylation sites is 3. The second-order valence-electron chi connectivity index (χ2n) is 5.81. The lowest BCUT2D eigenvalue weighted by Crippen LogP contribution is -1.99. The molecule has 0 aliphatic rings. The van der Waals surface area contributed by atoms with E-state index in [1.54, 1.807) is 6.21 Å². The van der Waals surface area contributed by atoms with Crippen LogP contribution in [0.1, 0.15) is 11.1 Å². The molecule has 5 nitrogen and oxygen atoms in total. The number of hydrogen-bond acceptors (Lipinski definition) is 5. The van der Waals surface area contributed by atoms with Gasteiger partial charge < -0.3 is 9.15 Å². The molecule has 0 saturated carbocycles. The van der Waals surface area contributed by atoms with Gasteiger partial charge in [-0.1, -0.05) is 48.0 Å². The smallest absolute Gasteiger partial charge is 0.316 e. The van der Waals surface area contributed by atoms with Crippen LogP contribution in [0.4, 0.5) is 6.01 Å². The number of rotatable bonds is 6. The molecular weight excluding hydrogens is 362 g/mol. The van der Waals surface area contributed by atoms with Crippen LogP contribution >= 0.6 is 11.6 Å². The number of fused-ring (bicyclic) bond motifs is 1. The molecule has 0 aliphatic carbocycles. The summed E-state index contributed by atoms with van der Waals surface area (Å²) >= 11 is 5.91. The lowest BCUT2D eigenvalue weighted by molar-refractivity contribution is 0.306. The highest BCUT2D eigenvalue weighted by molar-refractivity contribution is 6.30. The summed E-state index contributed by atoms with van der Waals surface area (Å²) in [7, 11) is 0. The number of nitrogens with zero attached hydrogens (tertiary/aromatic N) is 2. The van der Waals surface area contributed by atoms with Gasteiger partial charge in [-0.05, 0) is 42.0 Å². The molecule has 0 unspecified atom stereocenters. The van der Waals surface area contributed by atoms with E-state index in [9.17, 15) is 0 Å². The molecule has 1 aromatic heterocycles. The standard InChI is InChI=1S/C21H16ClN3O2/c22-17-11-9-15(10-12-17)14-26-19-7-3-1-5-16(19)13-23-25-21-24-18-6-2-4-8-20(18)27-21/h1-13H,14H2,(H,24,25)/b23-13-. The summed E-state index contributed by atoms with van der Waals surface area (Å²) in [6, 6.07) is 23.1. The number of anilines is 1. The topological polar surface area (TPSA) is 59.6 Å². The van der Waals surface area contributed by atoms with Gasteiger partial charge in [0.05, 0.1) is 6.21 Å². The Hall–Kier alpha value is -3.31. The third-order valence-corrected chi connectivity index (χ3v) is 4.14. The Bertz CT molecular complexity index is 1040. The summed E-state index contributed by atoms with van der Waals surface area (Å²) < 4.78 is 11.5. The van der Waals surface area contributed by atoms with Crippen molar-refractivity contribution in [3.8, 4) is 5.75 Å². The van der Waals surface area contributed by atoms with Crippen LogP contribution in [-0.2, 0) is 6.61 Å². The predicted molar refractivity (Wildman–Crippen MR) is 107 cm³/mol. The van der Waals surface area contributed by atoms with Crippen molar-refractivity contribution < 1.29 is 9.15 Å². The van der Waals surface area contributed by atoms with Crippen molar-refractivity contribution in [2.75, 3.05) is 5.43 Å². The van der Waals surface area contributed by atoms with Crippen LogP contribution in [-0.4, -0.2) is 11.2 Å². The van der Waals surface area contributed by atoms with Crippen molar-refractivity contribution in [1.82, 2.24) is 4.98 Å². The fourth-order valence-corrected chi connectivity index (χ4v) is 2.66. The molecule has 4 rings (SSSR count). The molecular formula is C21H16ClN3O2. The molecule has 0 spiro atoms. The first-order valence-corrected chi connectivity index (χ1v) is 8.77. The molecule has 0 atom stereocenters. The molecule has 0 radical (unpaired) electrons. The van der Waals surface area contributed by atoms with Crippen LogP contribution in [0.5, 0.6) is 5.75 Å². The van der Waals surface area contributed by atoms with Gasteiger partial charge in [-0.25, -0.2) is 5.43 Å². The van der Waals surface area contributed by atoms with E-state index in [1.807, 2.05) is 72.8 Å². The third-order valence-electron chi connectivity index (χ3n) is 3.88. The zero-order valence-electron chi connectivity index (χ0n) is 14.3. The second-order valence-corrected chi connectivity index (χ2v) is 6.25. The van der Waals surface area contributed by atoms with Crippen LogP contribution in [0.3, 0.4) is 0 Å². The number of benzene rings is 3. The minimum Gasteiger partial charge on any atom is -0.488 e. The fourth-order valence-electron chi connectivity index (χ4n) is 2.54. The Morgan fingerprint density at radius 1 is 1.00 bits per heavy atom. The van der Waals surface area contributed by atoms with Crippen molar-refractivity contribution in [2.24, 2.45) is 5.10 Å². The lowest BCUT2D eigenvalue weighted by atomic mass is 10.2. The van der Waals surface area contributed by atoms with E-state index in [1.165, 1.54) is 0 Å². The fraction of sp³-hybridized carbons (Fsp3) is 0.0476. The van der Waals surface area contributed by atoms with Crippen LogP contribution in [0.2, 0.25) is 5.02 Å². The van der Waals surface area contributed by atoms with E-state index < -0.39 is 0 Å². The van der Waals surface area contributed by atoms with E-state index in [0.29, 0.717) is 23.2 Å². The van der Waals surface area contributed by atoms with Gasteiger partial charge in [0.15, 0.2) is 5.58 Å². The first-order valence-electron chi connectivity index (χ1n) is 8.39. The van der Waals surface area contributed by atoms with Crippen LogP contribution in [0, 0.1) is 0 Å². The quantitative estimate of drug-likeness (QED) is 0.355. The summed E-state index contributed by atoms with van der Waals surface area (Å²) in [5.41, 5.74) is 6.18. The molecule has 1 N–H and O–H groups in total. The third kappa shape index (κ3) is 4.27. The number of ether oxygens (including phenoxy) is 1. The number of nitrogens with one attached hydrogen (secondary N) is 1. The summed E-state index contributed by atoms with van der Waals surface area (Å²) in [6.07, 6.45) is 1.67. The zero-order chi connectivity index (χ0) is 18.5. The van der Waals surface area contributed by atoms with Gasteiger partial charge in [-0.15, -0.1) is 0 Å². The maximum Gasteiger partial charge on any atom is 0.316 e. The lowest BCUT2D eigenvalue weighted by Gasteiger charge is -2.09. The molecule has 4 aromatic rings. The van der Waals surface area contributed by atoms with Crippen molar-refractivity contribution in [3.05, 3.63) is 88.9 Å². The highest BCUT2D eigenvalue weighted by Crippen LogP contribution is 2.20. The average Bonchev–Trinajstić information content (AvgIpc) is 3.11. The average molecular weight is 378 g/mol. The molecule has 0 aliphatic heterocycles. The van der Waals surface area contributed by atoms with Crippen LogP contribution in [0.15, 0.2) is 82.3 Å². The Kier molecular flexibility index (Phi) is 5.03. The summed E-state index contributed by atoms with van der Waals surface area (Å²) in [4.78, 5) is 4.32. The number of aromatic nitrogens is 1. The van der Waals surface area contributed by atoms with Gasteiger partial charge >= 0.3 is 6.01 Å². The molecule has 6 heteroatoms. The van der Waals surface area contributed by atoms with Gasteiger partial charge in [-0.2, -0.15) is 10.1 Å². The largest absolute Gasteiger partial charge is 0.488 e. The molecule has 0 amide bonds. The van der Waals surface area contributed by atoms with Crippen LogP contribution < -0.4 is 10.2 Å². The summed E-state index contributed by atoms with van der Waals surface area (Å²) in [5.74, 6) is 0.732. The Morgan fingerprint density at radius 3 is 2.63 bits per heavy atom. The van der Waals surface area contributed by atoms with E-state index in [-0.39, 0.29) is 0 Å². The van der Waals surface area contributed by atoms with E-state index >= 15 is 0 Å². The monoisotopic (exact) mass is 377 g/mol. The highest BCUT2D eigenvalue weighted by Gasteiger charge is 2.04. The van der Waals surface area contributed by atoms with Gasteiger partial charge in [0.25, 0.3) is 0 Å². The second kappa shape index (κ2) is 7.93. The number of hydrazone groups is 1. The van der Waals surface area contributed by atoms with Gasteiger partial charge in [0.2, 0.25) is 0 Å². The molecule has 27 heavy (non-hydrogen) atoms.